The number of para-hydroxylation sites is 1. The van der Waals surface area contributed by atoms with Crippen molar-refractivity contribution in [2.45, 2.75) is 60.5 Å². The molecule has 1 aromatic rings. The summed E-state index contributed by atoms with van der Waals surface area (Å²) in [5.41, 5.74) is 0. The molecule has 1 unspecified atom stereocenters. The van der Waals surface area contributed by atoms with Gasteiger partial charge in [0.05, 0.1) is 6.61 Å². The van der Waals surface area contributed by atoms with Crippen molar-refractivity contribution in [3.8, 4) is 5.75 Å². The van der Waals surface area contributed by atoms with Gasteiger partial charge in [-0.05, 0) is 12.1 Å². The van der Waals surface area contributed by atoms with Crippen LogP contribution in [0.1, 0.15) is 54.4 Å². The lowest BCUT2D eigenvalue weighted by Gasteiger charge is -2.01. The molecule has 0 aromatic heterocycles. The predicted molar refractivity (Wildman–Crippen MR) is 85.0 cm³/mol. The van der Waals surface area contributed by atoms with Crippen molar-refractivity contribution in [3.63, 3.8) is 0 Å². The number of rotatable bonds is 4. The van der Waals surface area contributed by atoms with Crippen LogP contribution in [-0.4, -0.2) is 19.3 Å². The van der Waals surface area contributed by atoms with Crippen LogP contribution in [0.4, 0.5) is 0 Å². The molecule has 2 heteroatoms. The molecule has 2 nitrogen and oxygen atoms in total. The van der Waals surface area contributed by atoms with Crippen LogP contribution >= 0.6 is 0 Å². The second-order valence-corrected chi connectivity index (χ2v) is 3.58. The van der Waals surface area contributed by atoms with Crippen molar-refractivity contribution >= 4 is 0 Å². The zero-order chi connectivity index (χ0) is 14.9. The molecule has 0 N–H and O–H groups in total. The first-order valence-electron chi connectivity index (χ1n) is 7.66. The van der Waals surface area contributed by atoms with Gasteiger partial charge in [-0.25, -0.2) is 0 Å². The molecule has 0 spiro atoms. The summed E-state index contributed by atoms with van der Waals surface area (Å²) in [6, 6.07) is 9.79. The van der Waals surface area contributed by atoms with Gasteiger partial charge < -0.3 is 9.47 Å². The summed E-state index contributed by atoms with van der Waals surface area (Å²) < 4.78 is 10.4. The minimum atomic E-state index is 0.343. The average Bonchev–Trinajstić information content (AvgIpc) is 3.35. The molecule has 0 amide bonds. The molecule has 2 rings (SSSR count). The molecule has 0 aliphatic carbocycles. The molecular formula is C17H32O2. The highest BCUT2D eigenvalue weighted by Crippen LogP contribution is 2.13. The van der Waals surface area contributed by atoms with Crippen molar-refractivity contribution in [2.75, 3.05) is 13.2 Å². The molecule has 0 bridgehead atoms. The minimum absolute atomic E-state index is 0.343. The number of unbranched alkanes of at least 4 members (excludes halogenated alkanes) is 1. The highest BCUT2D eigenvalue weighted by molar-refractivity contribution is 5.20. The van der Waals surface area contributed by atoms with Crippen molar-refractivity contribution in [1.82, 2.24) is 0 Å². The van der Waals surface area contributed by atoms with Crippen molar-refractivity contribution in [3.05, 3.63) is 30.3 Å². The third-order valence-electron chi connectivity index (χ3n) is 2.08. The van der Waals surface area contributed by atoms with Crippen molar-refractivity contribution < 1.29 is 9.47 Å². The standard InChI is InChI=1S/C9H10O2.C4H10.2C2H6/c1-2-4-8(5-3-1)10-6-9-7-11-9;1-3-4-2;2*1-2/h1-5,9H,6-7H2;3-4H2,1-2H3;2*1-2H3. The van der Waals surface area contributed by atoms with Crippen LogP contribution in [0.2, 0.25) is 0 Å². The summed E-state index contributed by atoms with van der Waals surface area (Å²) in [5, 5.41) is 0. The van der Waals surface area contributed by atoms with Crippen LogP contribution in [0, 0.1) is 0 Å². The van der Waals surface area contributed by atoms with E-state index in [1.807, 2.05) is 58.0 Å². The van der Waals surface area contributed by atoms with E-state index in [0.29, 0.717) is 12.7 Å². The van der Waals surface area contributed by atoms with Gasteiger partial charge in [-0.15, -0.1) is 0 Å². The number of ether oxygens (including phenoxy) is 2. The van der Waals surface area contributed by atoms with E-state index in [4.69, 9.17) is 9.47 Å². The van der Waals surface area contributed by atoms with Crippen LogP contribution in [-0.2, 0) is 4.74 Å². The third-order valence-corrected chi connectivity index (χ3v) is 2.08. The summed E-state index contributed by atoms with van der Waals surface area (Å²) in [5.74, 6) is 0.919. The zero-order valence-electron chi connectivity index (χ0n) is 13.6. The minimum Gasteiger partial charge on any atom is -0.491 e. The summed E-state index contributed by atoms with van der Waals surface area (Å²) in [7, 11) is 0. The Morgan fingerprint density at radius 1 is 1.00 bits per heavy atom. The SMILES string of the molecule is CC.CC.CCCC.c1ccc(OCC2CO2)cc1. The maximum absolute atomic E-state index is 5.40. The van der Waals surface area contributed by atoms with Gasteiger partial charge in [0.25, 0.3) is 0 Å². The van der Waals surface area contributed by atoms with Gasteiger partial charge in [-0.3, -0.25) is 0 Å². The third kappa shape index (κ3) is 14.9. The maximum atomic E-state index is 5.40. The lowest BCUT2D eigenvalue weighted by molar-refractivity contribution is 0.263. The quantitative estimate of drug-likeness (QED) is 0.689. The van der Waals surface area contributed by atoms with E-state index >= 15 is 0 Å². The van der Waals surface area contributed by atoms with Gasteiger partial charge in [0, 0.05) is 0 Å². The molecule has 0 saturated carbocycles. The van der Waals surface area contributed by atoms with Crippen LogP contribution < -0.4 is 4.74 Å². The van der Waals surface area contributed by atoms with E-state index in [2.05, 4.69) is 13.8 Å². The molecule has 1 atom stereocenters. The van der Waals surface area contributed by atoms with Crippen LogP contribution in [0.15, 0.2) is 30.3 Å². The van der Waals surface area contributed by atoms with Gasteiger partial charge in [0.15, 0.2) is 0 Å². The molecular weight excluding hydrogens is 236 g/mol. The Kier molecular flexibility index (Phi) is 18.1. The second kappa shape index (κ2) is 17.0. The topological polar surface area (TPSA) is 21.8 Å². The molecule has 1 heterocycles. The fourth-order valence-electron chi connectivity index (χ4n) is 0.870. The fourth-order valence-corrected chi connectivity index (χ4v) is 0.870. The first kappa shape index (κ1) is 20.3. The summed E-state index contributed by atoms with van der Waals surface area (Å²) in [6.45, 7) is 13.9. The molecule has 1 aromatic carbocycles. The summed E-state index contributed by atoms with van der Waals surface area (Å²) in [4.78, 5) is 0. The van der Waals surface area contributed by atoms with E-state index in [0.717, 1.165) is 12.4 Å². The largest absolute Gasteiger partial charge is 0.491 e. The van der Waals surface area contributed by atoms with Gasteiger partial charge >= 0.3 is 0 Å². The Balaban J connectivity index is 0. The molecule has 1 saturated heterocycles. The van der Waals surface area contributed by atoms with Gasteiger partial charge in [-0.2, -0.15) is 0 Å². The van der Waals surface area contributed by atoms with E-state index in [1.54, 1.807) is 0 Å². The van der Waals surface area contributed by atoms with E-state index < -0.39 is 0 Å². The molecule has 112 valence electrons. The van der Waals surface area contributed by atoms with Crippen LogP contribution in [0.3, 0.4) is 0 Å². The van der Waals surface area contributed by atoms with Crippen molar-refractivity contribution in [1.29, 1.82) is 0 Å². The number of benzene rings is 1. The van der Waals surface area contributed by atoms with E-state index in [9.17, 15) is 0 Å². The Morgan fingerprint density at radius 2 is 1.47 bits per heavy atom. The van der Waals surface area contributed by atoms with Gasteiger partial charge in [0.1, 0.15) is 18.5 Å². The Morgan fingerprint density at radius 3 is 1.84 bits per heavy atom. The molecule has 1 aliphatic heterocycles. The van der Waals surface area contributed by atoms with E-state index in [-0.39, 0.29) is 0 Å². The summed E-state index contributed by atoms with van der Waals surface area (Å²) in [6.07, 6.45) is 2.98. The van der Waals surface area contributed by atoms with Crippen molar-refractivity contribution in [2.24, 2.45) is 0 Å². The lowest BCUT2D eigenvalue weighted by atomic mass is 10.3. The fraction of sp³-hybridized carbons (Fsp3) is 0.647. The highest BCUT2D eigenvalue weighted by atomic mass is 16.6. The highest BCUT2D eigenvalue weighted by Gasteiger charge is 2.22. The smallest absolute Gasteiger partial charge is 0.119 e. The van der Waals surface area contributed by atoms with Gasteiger partial charge in [-0.1, -0.05) is 72.6 Å². The number of hydrogen-bond acceptors (Lipinski definition) is 2. The molecule has 19 heavy (non-hydrogen) atoms. The van der Waals surface area contributed by atoms with Crippen LogP contribution in [0.25, 0.3) is 0 Å². The maximum Gasteiger partial charge on any atom is 0.119 e. The Hall–Kier alpha value is -1.02. The normalized spacial score (nSPS) is 14.5. The van der Waals surface area contributed by atoms with E-state index in [1.165, 1.54) is 12.8 Å². The Labute approximate surface area is 120 Å². The first-order valence-corrected chi connectivity index (χ1v) is 7.66. The molecule has 0 radical (unpaired) electrons. The molecule has 1 fully saturated rings. The monoisotopic (exact) mass is 268 g/mol. The Bertz CT molecular complexity index is 241. The second-order valence-electron chi connectivity index (χ2n) is 3.58. The molecule has 1 aliphatic rings. The number of epoxide rings is 1. The van der Waals surface area contributed by atoms with Crippen LogP contribution in [0.5, 0.6) is 5.75 Å². The number of hydrogen-bond donors (Lipinski definition) is 0. The zero-order valence-corrected chi connectivity index (χ0v) is 13.6. The van der Waals surface area contributed by atoms with Gasteiger partial charge in [0.2, 0.25) is 0 Å². The lowest BCUT2D eigenvalue weighted by Crippen LogP contribution is -2.03. The summed E-state index contributed by atoms with van der Waals surface area (Å²) >= 11 is 0. The average molecular weight is 268 g/mol. The first-order chi connectivity index (χ1) is 9.36. The predicted octanol–water partition coefficient (Wildman–Crippen LogP) is 5.32.